The summed E-state index contributed by atoms with van der Waals surface area (Å²) < 4.78 is 7.78. The molecule has 0 aliphatic rings. The van der Waals surface area contributed by atoms with Gasteiger partial charge >= 0.3 is 0 Å². The van der Waals surface area contributed by atoms with Crippen molar-refractivity contribution < 1.29 is 4.42 Å². The van der Waals surface area contributed by atoms with Crippen LogP contribution in [0.1, 0.15) is 5.56 Å². The van der Waals surface area contributed by atoms with Gasteiger partial charge in [0.1, 0.15) is 5.52 Å². The molecule has 0 amide bonds. The van der Waals surface area contributed by atoms with Crippen LogP contribution in [-0.2, 0) is 0 Å². The Morgan fingerprint density at radius 1 is 1.11 bits per heavy atom. The summed E-state index contributed by atoms with van der Waals surface area (Å²) in [7, 11) is 0. The normalized spacial score (nSPS) is 11.1. The van der Waals surface area contributed by atoms with E-state index in [1.54, 1.807) is 12.1 Å². The van der Waals surface area contributed by atoms with Crippen molar-refractivity contribution in [1.29, 1.82) is 0 Å². The standard InChI is InChI=1S/C14H10Br2N2O/c1-7-10(15)4-8(5-11(7)16)14-18-12-6-9(17)2-3-13(12)19-14/h2-6H,17H2,1H3. The Hall–Kier alpha value is -1.33. The molecule has 0 aliphatic heterocycles. The van der Waals surface area contributed by atoms with E-state index in [0.29, 0.717) is 11.6 Å². The Balaban J connectivity index is 2.19. The van der Waals surface area contributed by atoms with Gasteiger partial charge in [-0.2, -0.15) is 0 Å². The second-order valence-electron chi connectivity index (χ2n) is 4.31. The number of halogens is 2. The quantitative estimate of drug-likeness (QED) is 0.609. The van der Waals surface area contributed by atoms with E-state index in [1.165, 1.54) is 0 Å². The van der Waals surface area contributed by atoms with Crippen LogP contribution in [0.3, 0.4) is 0 Å². The van der Waals surface area contributed by atoms with E-state index in [9.17, 15) is 0 Å². The number of anilines is 1. The molecule has 2 aromatic carbocycles. The second kappa shape index (κ2) is 4.65. The van der Waals surface area contributed by atoms with Crippen LogP contribution in [0.2, 0.25) is 0 Å². The van der Waals surface area contributed by atoms with Crippen molar-refractivity contribution in [2.45, 2.75) is 6.92 Å². The highest BCUT2D eigenvalue weighted by Crippen LogP contribution is 2.32. The van der Waals surface area contributed by atoms with Crippen molar-refractivity contribution in [3.05, 3.63) is 44.8 Å². The van der Waals surface area contributed by atoms with Gasteiger partial charge in [-0.3, -0.25) is 0 Å². The van der Waals surface area contributed by atoms with E-state index < -0.39 is 0 Å². The van der Waals surface area contributed by atoms with Gasteiger partial charge in [0.25, 0.3) is 0 Å². The Labute approximate surface area is 127 Å². The van der Waals surface area contributed by atoms with Crippen LogP contribution >= 0.6 is 31.9 Å². The van der Waals surface area contributed by atoms with E-state index in [4.69, 9.17) is 10.2 Å². The number of nitrogens with zero attached hydrogens (tertiary/aromatic N) is 1. The molecule has 0 fully saturated rings. The molecule has 19 heavy (non-hydrogen) atoms. The SMILES string of the molecule is Cc1c(Br)cc(-c2nc3cc(N)ccc3o2)cc1Br. The first-order valence-electron chi connectivity index (χ1n) is 5.66. The van der Waals surface area contributed by atoms with Crippen molar-refractivity contribution >= 4 is 48.6 Å². The summed E-state index contributed by atoms with van der Waals surface area (Å²) in [5.41, 5.74) is 9.98. The Kier molecular flexibility index (Phi) is 3.11. The molecule has 3 nitrogen and oxygen atoms in total. The van der Waals surface area contributed by atoms with E-state index >= 15 is 0 Å². The summed E-state index contributed by atoms with van der Waals surface area (Å²) in [5, 5.41) is 0. The number of rotatable bonds is 1. The van der Waals surface area contributed by atoms with Gasteiger partial charge in [-0.1, -0.05) is 31.9 Å². The molecule has 0 saturated heterocycles. The summed E-state index contributed by atoms with van der Waals surface area (Å²) >= 11 is 7.06. The lowest BCUT2D eigenvalue weighted by atomic mass is 10.1. The minimum absolute atomic E-state index is 0.585. The molecule has 1 heterocycles. The fourth-order valence-corrected chi connectivity index (χ4v) is 3.02. The molecule has 3 rings (SSSR count). The van der Waals surface area contributed by atoms with Crippen molar-refractivity contribution in [2.24, 2.45) is 0 Å². The molecule has 5 heteroatoms. The maximum Gasteiger partial charge on any atom is 0.227 e. The van der Waals surface area contributed by atoms with E-state index in [-0.39, 0.29) is 0 Å². The monoisotopic (exact) mass is 380 g/mol. The molecule has 1 aromatic heterocycles. The summed E-state index contributed by atoms with van der Waals surface area (Å²) in [5.74, 6) is 0.585. The average Bonchev–Trinajstić information content (AvgIpc) is 2.78. The predicted molar refractivity (Wildman–Crippen MR) is 84.0 cm³/mol. The fraction of sp³-hybridized carbons (Fsp3) is 0.0714. The molecule has 0 aliphatic carbocycles. The van der Waals surface area contributed by atoms with Gasteiger partial charge in [-0.25, -0.2) is 4.98 Å². The Bertz CT molecular complexity index is 757. The fourth-order valence-electron chi connectivity index (χ4n) is 1.84. The van der Waals surface area contributed by atoms with Crippen LogP contribution in [0.5, 0.6) is 0 Å². The number of fused-ring (bicyclic) bond motifs is 1. The van der Waals surface area contributed by atoms with E-state index in [1.807, 2.05) is 25.1 Å². The first-order chi connectivity index (χ1) is 9.04. The summed E-state index contributed by atoms with van der Waals surface area (Å²) in [6.45, 7) is 2.03. The molecule has 0 spiro atoms. The lowest BCUT2D eigenvalue weighted by Crippen LogP contribution is -1.84. The summed E-state index contributed by atoms with van der Waals surface area (Å²) in [6.07, 6.45) is 0. The zero-order valence-corrected chi connectivity index (χ0v) is 13.2. The van der Waals surface area contributed by atoms with Crippen molar-refractivity contribution in [2.75, 3.05) is 5.73 Å². The molecular weight excluding hydrogens is 372 g/mol. The van der Waals surface area contributed by atoms with Gasteiger partial charge in [-0.05, 0) is 42.8 Å². The predicted octanol–water partition coefficient (Wildman–Crippen LogP) is 4.91. The molecular formula is C14H10Br2N2O. The van der Waals surface area contributed by atoms with Crippen LogP contribution in [0.25, 0.3) is 22.6 Å². The van der Waals surface area contributed by atoms with E-state index in [2.05, 4.69) is 36.8 Å². The molecule has 2 N–H and O–H groups in total. The molecule has 0 bridgehead atoms. The number of hydrogen-bond donors (Lipinski definition) is 1. The maximum absolute atomic E-state index is 5.75. The number of aromatic nitrogens is 1. The average molecular weight is 382 g/mol. The van der Waals surface area contributed by atoms with Crippen molar-refractivity contribution in [3.63, 3.8) is 0 Å². The van der Waals surface area contributed by atoms with Gasteiger partial charge in [-0.15, -0.1) is 0 Å². The van der Waals surface area contributed by atoms with Gasteiger partial charge in [0.05, 0.1) is 0 Å². The number of hydrogen-bond acceptors (Lipinski definition) is 3. The molecule has 0 saturated carbocycles. The van der Waals surface area contributed by atoms with Gasteiger partial charge in [0.15, 0.2) is 5.58 Å². The highest BCUT2D eigenvalue weighted by molar-refractivity contribution is 9.11. The number of oxazole rings is 1. The molecule has 3 aromatic rings. The van der Waals surface area contributed by atoms with Crippen molar-refractivity contribution in [3.8, 4) is 11.5 Å². The van der Waals surface area contributed by atoms with Crippen molar-refractivity contribution in [1.82, 2.24) is 4.98 Å². The number of nitrogens with two attached hydrogens (primary N) is 1. The van der Waals surface area contributed by atoms with Crippen LogP contribution in [-0.4, -0.2) is 4.98 Å². The molecule has 0 atom stereocenters. The number of nitrogen functional groups attached to an aromatic ring is 1. The third kappa shape index (κ3) is 2.28. The van der Waals surface area contributed by atoms with Gasteiger partial charge in [0, 0.05) is 20.2 Å². The topological polar surface area (TPSA) is 52.0 Å². The maximum atomic E-state index is 5.75. The molecule has 0 radical (unpaired) electrons. The van der Waals surface area contributed by atoms with Gasteiger partial charge in [0.2, 0.25) is 5.89 Å². The number of benzene rings is 2. The summed E-state index contributed by atoms with van der Waals surface area (Å²) in [4.78, 5) is 4.47. The van der Waals surface area contributed by atoms with Crippen LogP contribution in [0.15, 0.2) is 43.7 Å². The van der Waals surface area contributed by atoms with E-state index in [0.717, 1.165) is 31.2 Å². The highest BCUT2D eigenvalue weighted by Gasteiger charge is 2.11. The second-order valence-corrected chi connectivity index (χ2v) is 6.02. The zero-order chi connectivity index (χ0) is 13.6. The smallest absolute Gasteiger partial charge is 0.227 e. The third-order valence-electron chi connectivity index (χ3n) is 2.94. The Morgan fingerprint density at radius 2 is 1.79 bits per heavy atom. The minimum atomic E-state index is 0.585. The Morgan fingerprint density at radius 3 is 2.47 bits per heavy atom. The van der Waals surface area contributed by atoms with Crippen LogP contribution in [0, 0.1) is 6.92 Å². The highest BCUT2D eigenvalue weighted by atomic mass is 79.9. The van der Waals surface area contributed by atoms with Crippen LogP contribution in [0.4, 0.5) is 5.69 Å². The first-order valence-corrected chi connectivity index (χ1v) is 7.25. The lowest BCUT2D eigenvalue weighted by molar-refractivity contribution is 0.620. The lowest BCUT2D eigenvalue weighted by Gasteiger charge is -2.03. The first kappa shape index (κ1) is 12.7. The third-order valence-corrected chi connectivity index (χ3v) is 4.59. The largest absolute Gasteiger partial charge is 0.436 e. The zero-order valence-electron chi connectivity index (χ0n) is 10.1. The van der Waals surface area contributed by atoms with Crippen LogP contribution < -0.4 is 5.73 Å². The molecule has 96 valence electrons. The van der Waals surface area contributed by atoms with Gasteiger partial charge < -0.3 is 10.2 Å². The summed E-state index contributed by atoms with van der Waals surface area (Å²) in [6, 6.07) is 9.43. The molecule has 0 unspecified atom stereocenters. The minimum Gasteiger partial charge on any atom is -0.436 e.